The summed E-state index contributed by atoms with van der Waals surface area (Å²) in [6, 6.07) is 14.5. The summed E-state index contributed by atoms with van der Waals surface area (Å²) in [5.74, 6) is -0.255. The molecule has 0 aliphatic carbocycles. The van der Waals surface area contributed by atoms with Gasteiger partial charge in [0.25, 0.3) is 0 Å². The van der Waals surface area contributed by atoms with Gasteiger partial charge in [0.1, 0.15) is 5.82 Å². The second kappa shape index (κ2) is 5.95. The minimum Gasteiger partial charge on any atom is -0.294 e. The van der Waals surface area contributed by atoms with Gasteiger partial charge in [-0.25, -0.2) is 4.39 Å². The Kier molecular flexibility index (Phi) is 3.86. The molecular formula is C16H15FN4. The first kappa shape index (κ1) is 13.6. The number of azide groups is 1. The lowest BCUT2D eigenvalue weighted by Gasteiger charge is -2.32. The molecule has 1 unspecified atom stereocenters. The van der Waals surface area contributed by atoms with Crippen molar-refractivity contribution >= 4 is 0 Å². The smallest absolute Gasteiger partial charge is 0.123 e. The molecule has 0 aromatic heterocycles. The molecular weight excluding hydrogens is 267 g/mol. The van der Waals surface area contributed by atoms with Crippen molar-refractivity contribution in [1.82, 2.24) is 4.90 Å². The summed E-state index contributed by atoms with van der Waals surface area (Å²) in [6.07, 6.45) is 0. The number of hydrogen-bond acceptors (Lipinski definition) is 2. The lowest BCUT2D eigenvalue weighted by molar-refractivity contribution is 0.222. The van der Waals surface area contributed by atoms with Crippen LogP contribution in [0.2, 0.25) is 0 Å². The molecule has 0 N–H and O–H groups in total. The molecule has 3 rings (SSSR count). The maximum atomic E-state index is 13.4. The van der Waals surface area contributed by atoms with Gasteiger partial charge in [-0.1, -0.05) is 41.5 Å². The van der Waals surface area contributed by atoms with Crippen LogP contribution in [0.5, 0.6) is 0 Å². The van der Waals surface area contributed by atoms with Gasteiger partial charge in [0, 0.05) is 24.5 Å². The van der Waals surface area contributed by atoms with E-state index in [1.54, 1.807) is 6.07 Å². The van der Waals surface area contributed by atoms with Crippen molar-refractivity contribution in [2.45, 2.75) is 19.1 Å². The minimum absolute atomic E-state index is 0.255. The van der Waals surface area contributed by atoms with E-state index < -0.39 is 0 Å². The third kappa shape index (κ3) is 3.05. The predicted octanol–water partition coefficient (Wildman–Crippen LogP) is 4.19. The van der Waals surface area contributed by atoms with Crippen LogP contribution in [0.3, 0.4) is 0 Å². The van der Waals surface area contributed by atoms with Crippen molar-refractivity contribution in [3.05, 3.63) is 81.5 Å². The molecule has 0 saturated carbocycles. The zero-order valence-electron chi connectivity index (χ0n) is 11.5. The molecule has 106 valence electrons. The van der Waals surface area contributed by atoms with Crippen LogP contribution < -0.4 is 0 Å². The van der Waals surface area contributed by atoms with Gasteiger partial charge in [0.2, 0.25) is 0 Å². The quantitative estimate of drug-likeness (QED) is 0.473. The highest BCUT2D eigenvalue weighted by Gasteiger charge is 2.24. The van der Waals surface area contributed by atoms with Crippen molar-refractivity contribution in [2.75, 3.05) is 6.54 Å². The summed E-state index contributed by atoms with van der Waals surface area (Å²) in [6.45, 7) is 2.07. The lowest BCUT2D eigenvalue weighted by atomic mass is 9.95. The fourth-order valence-electron chi connectivity index (χ4n) is 2.81. The van der Waals surface area contributed by atoms with Crippen molar-refractivity contribution in [3.8, 4) is 0 Å². The predicted molar refractivity (Wildman–Crippen MR) is 78.8 cm³/mol. The molecule has 1 heterocycles. The van der Waals surface area contributed by atoms with Gasteiger partial charge in [-0.3, -0.25) is 4.90 Å². The highest BCUT2D eigenvalue weighted by molar-refractivity contribution is 5.33. The third-order valence-electron chi connectivity index (χ3n) is 3.73. The minimum atomic E-state index is -0.261. The zero-order valence-corrected chi connectivity index (χ0v) is 11.5. The highest BCUT2D eigenvalue weighted by Crippen LogP contribution is 2.30. The Hall–Kier alpha value is -2.36. The maximum Gasteiger partial charge on any atom is 0.123 e. The van der Waals surface area contributed by atoms with E-state index >= 15 is 0 Å². The number of nitrogens with zero attached hydrogens (tertiary/aromatic N) is 4. The third-order valence-corrected chi connectivity index (χ3v) is 3.73. The Labute approximate surface area is 122 Å². The van der Waals surface area contributed by atoms with E-state index in [1.807, 2.05) is 18.2 Å². The standard InChI is InChI=1S/C16H15FN4/c17-14-6-7-15-13(8-14)10-21(11-16(15)19-20-18)9-12-4-2-1-3-5-12/h1-8,16H,9-11H2. The first-order valence-electron chi connectivity index (χ1n) is 6.85. The molecule has 5 heteroatoms. The zero-order chi connectivity index (χ0) is 14.7. The Bertz CT molecular complexity index is 680. The van der Waals surface area contributed by atoms with Crippen LogP contribution in [0.25, 0.3) is 10.4 Å². The fraction of sp³-hybridized carbons (Fsp3) is 0.250. The average molecular weight is 282 g/mol. The van der Waals surface area contributed by atoms with Gasteiger partial charge in [-0.05, 0) is 34.4 Å². The van der Waals surface area contributed by atoms with E-state index in [2.05, 4.69) is 27.1 Å². The van der Waals surface area contributed by atoms with Crippen LogP contribution in [-0.4, -0.2) is 11.4 Å². The second-order valence-electron chi connectivity index (χ2n) is 5.22. The Morgan fingerprint density at radius 1 is 1.24 bits per heavy atom. The Balaban J connectivity index is 1.87. The van der Waals surface area contributed by atoms with Gasteiger partial charge in [0.05, 0.1) is 6.04 Å². The molecule has 2 aromatic rings. The lowest BCUT2D eigenvalue weighted by Crippen LogP contribution is -2.32. The number of benzene rings is 2. The van der Waals surface area contributed by atoms with Gasteiger partial charge in [-0.2, -0.15) is 0 Å². The Morgan fingerprint density at radius 2 is 2.05 bits per heavy atom. The molecule has 2 aromatic carbocycles. The van der Waals surface area contributed by atoms with E-state index in [4.69, 9.17) is 5.53 Å². The maximum absolute atomic E-state index is 13.4. The molecule has 0 bridgehead atoms. The summed E-state index contributed by atoms with van der Waals surface area (Å²) in [7, 11) is 0. The highest BCUT2D eigenvalue weighted by atomic mass is 19.1. The van der Waals surface area contributed by atoms with Crippen molar-refractivity contribution in [3.63, 3.8) is 0 Å². The van der Waals surface area contributed by atoms with Crippen LogP contribution >= 0.6 is 0 Å². The summed E-state index contributed by atoms with van der Waals surface area (Å²) >= 11 is 0. The summed E-state index contributed by atoms with van der Waals surface area (Å²) < 4.78 is 13.4. The molecule has 1 aliphatic rings. The number of hydrogen-bond donors (Lipinski definition) is 0. The van der Waals surface area contributed by atoms with E-state index in [9.17, 15) is 4.39 Å². The van der Waals surface area contributed by atoms with Gasteiger partial charge in [0.15, 0.2) is 0 Å². The first-order chi connectivity index (χ1) is 10.3. The summed E-state index contributed by atoms with van der Waals surface area (Å²) in [5.41, 5.74) is 11.8. The average Bonchev–Trinajstić information content (AvgIpc) is 2.48. The molecule has 1 atom stereocenters. The van der Waals surface area contributed by atoms with Crippen LogP contribution in [0.15, 0.2) is 53.6 Å². The van der Waals surface area contributed by atoms with Crippen LogP contribution in [0.4, 0.5) is 4.39 Å². The molecule has 0 amide bonds. The van der Waals surface area contributed by atoms with Gasteiger partial charge >= 0.3 is 0 Å². The van der Waals surface area contributed by atoms with Gasteiger partial charge < -0.3 is 0 Å². The van der Waals surface area contributed by atoms with Crippen molar-refractivity contribution < 1.29 is 4.39 Å². The number of rotatable bonds is 3. The van der Waals surface area contributed by atoms with Crippen molar-refractivity contribution in [2.24, 2.45) is 5.11 Å². The Morgan fingerprint density at radius 3 is 2.81 bits per heavy atom. The number of fused-ring (bicyclic) bond motifs is 1. The molecule has 0 fully saturated rings. The summed E-state index contributed by atoms with van der Waals surface area (Å²) in [5, 5.41) is 3.86. The summed E-state index contributed by atoms with van der Waals surface area (Å²) in [4.78, 5) is 5.10. The monoisotopic (exact) mass is 282 g/mol. The van der Waals surface area contributed by atoms with E-state index in [0.29, 0.717) is 13.1 Å². The van der Waals surface area contributed by atoms with E-state index in [0.717, 1.165) is 17.7 Å². The van der Waals surface area contributed by atoms with E-state index in [-0.39, 0.29) is 11.9 Å². The fourth-order valence-corrected chi connectivity index (χ4v) is 2.81. The second-order valence-corrected chi connectivity index (χ2v) is 5.22. The van der Waals surface area contributed by atoms with Gasteiger partial charge in [-0.15, -0.1) is 0 Å². The first-order valence-corrected chi connectivity index (χ1v) is 6.85. The molecule has 21 heavy (non-hydrogen) atoms. The largest absolute Gasteiger partial charge is 0.294 e. The molecule has 4 nitrogen and oxygen atoms in total. The molecule has 0 saturated heterocycles. The van der Waals surface area contributed by atoms with Crippen LogP contribution in [0.1, 0.15) is 22.7 Å². The molecule has 0 radical (unpaired) electrons. The number of halogens is 1. The molecule has 1 aliphatic heterocycles. The SMILES string of the molecule is [N-]=[N+]=NC1CN(Cc2ccccc2)Cc2cc(F)ccc21. The van der Waals surface area contributed by atoms with Crippen LogP contribution in [0, 0.1) is 5.82 Å². The normalized spacial score (nSPS) is 17.9. The van der Waals surface area contributed by atoms with Crippen molar-refractivity contribution in [1.29, 1.82) is 0 Å². The van der Waals surface area contributed by atoms with E-state index in [1.165, 1.54) is 17.7 Å². The van der Waals surface area contributed by atoms with Crippen LogP contribution in [-0.2, 0) is 13.1 Å². The molecule has 0 spiro atoms. The topological polar surface area (TPSA) is 52.0 Å².